The fourth-order valence-corrected chi connectivity index (χ4v) is 2.80. The molecule has 1 aromatic carbocycles. The van der Waals surface area contributed by atoms with Crippen LogP contribution in [0.1, 0.15) is 38.7 Å². The Morgan fingerprint density at radius 2 is 1.74 bits per heavy atom. The Morgan fingerprint density at radius 1 is 1.16 bits per heavy atom. The van der Waals surface area contributed by atoms with Gasteiger partial charge in [0.1, 0.15) is 0 Å². The summed E-state index contributed by atoms with van der Waals surface area (Å²) in [5.41, 5.74) is 1.26. The number of aliphatic hydroxyl groups excluding tert-OH is 1. The molecule has 19 heavy (non-hydrogen) atoms. The third-order valence-electron chi connectivity index (χ3n) is 4.20. The predicted molar refractivity (Wildman–Crippen MR) is 84.0 cm³/mol. The van der Waals surface area contributed by atoms with Gasteiger partial charge in [-0.15, -0.1) is 0 Å². The van der Waals surface area contributed by atoms with E-state index in [1.54, 1.807) is 0 Å². The summed E-state index contributed by atoms with van der Waals surface area (Å²) in [5.74, 6) is 0.292. The van der Waals surface area contributed by atoms with Crippen molar-refractivity contribution in [1.29, 1.82) is 0 Å². The van der Waals surface area contributed by atoms with E-state index in [0.717, 1.165) is 6.42 Å². The zero-order chi connectivity index (χ0) is 14.5. The fourth-order valence-electron chi connectivity index (χ4n) is 1.75. The molecule has 0 amide bonds. The Morgan fingerprint density at radius 3 is 2.21 bits per heavy atom. The van der Waals surface area contributed by atoms with Crippen molar-refractivity contribution in [3.8, 4) is 0 Å². The van der Waals surface area contributed by atoms with Crippen molar-refractivity contribution in [1.82, 2.24) is 0 Å². The molecule has 0 saturated carbocycles. The molecule has 0 unspecified atom stereocenters. The Bertz CT molecular complexity index is 368. The highest BCUT2D eigenvalue weighted by Crippen LogP contribution is 2.37. The van der Waals surface area contributed by atoms with Gasteiger partial charge in [-0.05, 0) is 30.1 Å². The Balaban J connectivity index is 2.71. The molecular weight excluding hydrogens is 252 g/mol. The first kappa shape index (κ1) is 16.4. The zero-order valence-electron chi connectivity index (χ0n) is 12.9. The maximum Gasteiger partial charge on any atom is 0.192 e. The number of aliphatic hydroxyl groups is 1. The minimum absolute atomic E-state index is 0.209. The molecule has 0 aliphatic rings. The van der Waals surface area contributed by atoms with Crippen molar-refractivity contribution in [2.45, 2.75) is 51.2 Å². The molecule has 0 aliphatic carbocycles. The summed E-state index contributed by atoms with van der Waals surface area (Å²) in [6.45, 7) is 12.2. The van der Waals surface area contributed by atoms with Crippen LogP contribution in [0, 0.1) is 0 Å². The molecule has 1 N–H and O–H groups in total. The molecule has 0 heterocycles. The van der Waals surface area contributed by atoms with Gasteiger partial charge in [0.2, 0.25) is 0 Å². The second-order valence-corrected chi connectivity index (χ2v) is 11.5. The molecule has 0 fully saturated rings. The molecule has 1 aromatic rings. The second-order valence-electron chi connectivity index (χ2n) is 6.69. The van der Waals surface area contributed by atoms with Crippen LogP contribution in [0.15, 0.2) is 30.3 Å². The van der Waals surface area contributed by atoms with Crippen LogP contribution < -0.4 is 0 Å². The van der Waals surface area contributed by atoms with Gasteiger partial charge in [-0.25, -0.2) is 0 Å². The summed E-state index contributed by atoms with van der Waals surface area (Å²) in [5, 5.41) is 9.47. The minimum Gasteiger partial charge on any atom is -0.416 e. The lowest BCUT2D eigenvalue weighted by molar-refractivity contribution is 0.221. The first-order valence-corrected chi connectivity index (χ1v) is 9.98. The number of rotatable bonds is 6. The van der Waals surface area contributed by atoms with E-state index in [4.69, 9.17) is 4.43 Å². The van der Waals surface area contributed by atoms with Gasteiger partial charge >= 0.3 is 0 Å². The van der Waals surface area contributed by atoms with Crippen molar-refractivity contribution < 1.29 is 9.53 Å². The average molecular weight is 280 g/mol. The van der Waals surface area contributed by atoms with Gasteiger partial charge in [-0.1, -0.05) is 51.1 Å². The lowest BCUT2D eigenvalue weighted by Gasteiger charge is -2.37. The molecule has 2 nitrogen and oxygen atoms in total. The smallest absolute Gasteiger partial charge is 0.192 e. The Hall–Kier alpha value is -0.643. The molecule has 3 heteroatoms. The summed E-state index contributed by atoms with van der Waals surface area (Å²) in [6.07, 6.45) is 0.763. The quantitative estimate of drug-likeness (QED) is 0.792. The van der Waals surface area contributed by atoms with Gasteiger partial charge in [-0.3, -0.25) is 0 Å². The molecular formula is C16H28O2Si. The maximum absolute atomic E-state index is 9.24. The highest BCUT2D eigenvalue weighted by Gasteiger charge is 2.37. The SMILES string of the molecule is CC(C)(C)[Si](C)(C)OC[C@H](CCO)c1ccccc1. The van der Waals surface area contributed by atoms with E-state index in [2.05, 4.69) is 46.0 Å². The fraction of sp³-hybridized carbons (Fsp3) is 0.625. The van der Waals surface area contributed by atoms with Crippen LogP contribution in [0.2, 0.25) is 18.1 Å². The molecule has 108 valence electrons. The third-order valence-corrected chi connectivity index (χ3v) is 8.70. The van der Waals surface area contributed by atoms with Gasteiger partial charge in [0.05, 0.1) is 0 Å². The van der Waals surface area contributed by atoms with Gasteiger partial charge in [0.25, 0.3) is 0 Å². The molecule has 1 rings (SSSR count). The number of benzene rings is 1. The van der Waals surface area contributed by atoms with Crippen LogP contribution >= 0.6 is 0 Å². The lowest BCUT2D eigenvalue weighted by Crippen LogP contribution is -2.41. The topological polar surface area (TPSA) is 29.5 Å². The van der Waals surface area contributed by atoms with E-state index >= 15 is 0 Å². The van der Waals surface area contributed by atoms with Crippen LogP contribution in [-0.2, 0) is 4.43 Å². The summed E-state index contributed by atoms with van der Waals surface area (Å²) in [6, 6.07) is 10.4. The van der Waals surface area contributed by atoms with Gasteiger partial charge in [0, 0.05) is 19.1 Å². The summed E-state index contributed by atoms with van der Waals surface area (Å²) in [7, 11) is -1.71. The Kier molecular flexibility index (Phi) is 5.77. The van der Waals surface area contributed by atoms with Crippen molar-refractivity contribution in [3.05, 3.63) is 35.9 Å². The van der Waals surface area contributed by atoms with Crippen molar-refractivity contribution in [2.75, 3.05) is 13.2 Å². The van der Waals surface area contributed by atoms with Crippen LogP contribution in [0.5, 0.6) is 0 Å². The van der Waals surface area contributed by atoms with Gasteiger partial charge < -0.3 is 9.53 Å². The summed E-state index contributed by atoms with van der Waals surface area (Å²) >= 11 is 0. The molecule has 0 spiro atoms. The monoisotopic (exact) mass is 280 g/mol. The molecule has 0 saturated heterocycles. The van der Waals surface area contributed by atoms with Crippen LogP contribution in [0.4, 0.5) is 0 Å². The Labute approximate surface area is 118 Å². The van der Waals surface area contributed by atoms with E-state index < -0.39 is 8.32 Å². The molecule has 0 radical (unpaired) electrons. The van der Waals surface area contributed by atoms with Crippen LogP contribution in [-0.4, -0.2) is 26.6 Å². The van der Waals surface area contributed by atoms with E-state index in [9.17, 15) is 5.11 Å². The number of hydrogen-bond donors (Lipinski definition) is 1. The third kappa shape index (κ3) is 4.75. The van der Waals surface area contributed by atoms with Crippen molar-refractivity contribution in [3.63, 3.8) is 0 Å². The van der Waals surface area contributed by atoms with Gasteiger partial charge in [0.15, 0.2) is 8.32 Å². The van der Waals surface area contributed by atoms with Crippen molar-refractivity contribution >= 4 is 8.32 Å². The van der Waals surface area contributed by atoms with E-state index in [1.807, 2.05) is 18.2 Å². The molecule has 0 aromatic heterocycles. The van der Waals surface area contributed by atoms with Gasteiger partial charge in [-0.2, -0.15) is 0 Å². The lowest BCUT2D eigenvalue weighted by atomic mass is 9.97. The largest absolute Gasteiger partial charge is 0.416 e. The predicted octanol–water partition coefficient (Wildman–Crippen LogP) is 4.17. The van der Waals surface area contributed by atoms with E-state index in [-0.39, 0.29) is 11.6 Å². The van der Waals surface area contributed by atoms with E-state index in [0.29, 0.717) is 12.5 Å². The molecule has 0 bridgehead atoms. The summed E-state index contributed by atoms with van der Waals surface area (Å²) < 4.78 is 6.29. The first-order valence-electron chi connectivity index (χ1n) is 7.07. The highest BCUT2D eigenvalue weighted by atomic mass is 28.4. The highest BCUT2D eigenvalue weighted by molar-refractivity contribution is 6.74. The van der Waals surface area contributed by atoms with Crippen molar-refractivity contribution in [2.24, 2.45) is 0 Å². The zero-order valence-corrected chi connectivity index (χ0v) is 13.9. The van der Waals surface area contributed by atoms with Crippen LogP contribution in [0.3, 0.4) is 0 Å². The van der Waals surface area contributed by atoms with Crippen LogP contribution in [0.25, 0.3) is 0 Å². The van der Waals surface area contributed by atoms with E-state index in [1.165, 1.54) is 5.56 Å². The molecule has 0 aliphatic heterocycles. The number of hydrogen-bond acceptors (Lipinski definition) is 2. The summed E-state index contributed by atoms with van der Waals surface area (Å²) in [4.78, 5) is 0. The average Bonchev–Trinajstić information content (AvgIpc) is 2.34. The normalized spacial score (nSPS) is 14.4. The minimum atomic E-state index is -1.71. The first-order chi connectivity index (χ1) is 8.78. The standard InChI is InChI=1S/C16H28O2Si/c1-16(2,3)19(4,5)18-13-15(11-12-17)14-9-7-6-8-10-14/h6-10,15,17H,11-13H2,1-5H3/t15-/m0/s1. The maximum atomic E-state index is 9.24. The second kappa shape index (κ2) is 6.68. The molecule has 1 atom stereocenters.